The maximum Gasteiger partial charge on any atom is 0.272 e. The zero-order valence-corrected chi connectivity index (χ0v) is 59.5. The van der Waals surface area contributed by atoms with E-state index in [9.17, 15) is 10.1 Å². The van der Waals surface area contributed by atoms with Crippen LogP contribution in [0.5, 0.6) is 28.7 Å². The van der Waals surface area contributed by atoms with Gasteiger partial charge in [-0.05, 0) is 188 Å². The average Bonchev–Trinajstić information content (AvgIpc) is 1.07. The second-order valence-corrected chi connectivity index (χ2v) is 26.2. The maximum atomic E-state index is 10.5. The van der Waals surface area contributed by atoms with Gasteiger partial charge in [0.15, 0.2) is 11.5 Å². The summed E-state index contributed by atoms with van der Waals surface area (Å²) in [6.45, 7) is 37.9. The van der Waals surface area contributed by atoms with Crippen molar-refractivity contribution in [3.05, 3.63) is 320 Å². The molecule has 0 spiro atoms. The molecule has 7 nitrogen and oxygen atoms in total. The summed E-state index contributed by atoms with van der Waals surface area (Å²) >= 11 is 0. The van der Waals surface area contributed by atoms with Crippen molar-refractivity contribution in [1.82, 2.24) is 0 Å². The lowest BCUT2D eigenvalue weighted by Crippen LogP contribution is -1.98. The van der Waals surface area contributed by atoms with Crippen LogP contribution in [0, 0.1) is 30.9 Å². The van der Waals surface area contributed by atoms with Gasteiger partial charge < -0.3 is 18.9 Å². The van der Waals surface area contributed by atoms with Gasteiger partial charge in [0.1, 0.15) is 23.9 Å². The molecule has 0 amide bonds. The number of hydrogen-bond acceptors (Lipinski definition) is 6. The van der Waals surface area contributed by atoms with Gasteiger partial charge in [0.2, 0.25) is 6.79 Å². The molecule has 0 atom stereocenters. The minimum atomic E-state index is -0.338. The van der Waals surface area contributed by atoms with Crippen molar-refractivity contribution in [2.45, 2.75) is 181 Å². The normalized spacial score (nSPS) is 10.8. The highest BCUT2D eigenvalue weighted by Crippen LogP contribution is 2.36. The molecule has 0 radical (unpaired) electrons. The number of nitrogens with zero attached hydrogens (tertiary/aromatic N) is 1. The first kappa shape index (κ1) is 80.0. The predicted molar refractivity (Wildman–Crippen MR) is 416 cm³/mol. The number of rotatable bonds is 13. The molecule has 0 bridgehead atoms. The summed E-state index contributed by atoms with van der Waals surface area (Å²) in [6, 6.07) is 84.4. The lowest BCUT2D eigenvalue weighted by atomic mass is 9.90. The van der Waals surface area contributed by atoms with Gasteiger partial charge in [0.05, 0.1) is 4.92 Å². The van der Waals surface area contributed by atoms with E-state index < -0.39 is 0 Å². The van der Waals surface area contributed by atoms with E-state index in [1.807, 2.05) is 92.7 Å². The Kier molecular flexibility index (Phi) is 33.7. The second kappa shape index (κ2) is 40.8. The molecule has 97 heavy (non-hydrogen) atoms. The number of fused-ring (bicyclic) bond motifs is 3. The van der Waals surface area contributed by atoms with E-state index in [4.69, 9.17) is 18.9 Å². The summed E-state index contributed by atoms with van der Waals surface area (Å²) in [7, 11) is 0. The Bertz CT molecular complexity index is 3990. The average molecular weight is 1300 g/mol. The van der Waals surface area contributed by atoms with Gasteiger partial charge in [-0.1, -0.05) is 306 Å². The molecule has 12 rings (SSSR count). The Morgan fingerprint density at radius 3 is 1.29 bits per heavy atom. The van der Waals surface area contributed by atoms with Crippen LogP contribution in [0.3, 0.4) is 0 Å². The number of para-hydroxylation sites is 2. The number of aryl methyl sites for hydroxylation is 3. The molecule has 0 fully saturated rings. The summed E-state index contributed by atoms with van der Waals surface area (Å²) < 4.78 is 22.1. The fraction of sp³-hybridized carbons (Fsp3) is 0.311. The monoisotopic (exact) mass is 1300 g/mol. The predicted octanol–water partition coefficient (Wildman–Crippen LogP) is 27.2. The SMILES string of the molecule is C.C.CC(C)c1c2ccccc2cc2ccccc12.CC(C)c1ccc2c(c1)OCO2.CC(C)c1cccc(Oc2ccccc2)c1.CC(C)c1ccccc1[N+](=O)[O-].Cc1cc(C(C)C)ccc1OCc1ccccc1.Cc1ccccc1C(C)C.Cc1ccccc1C(C)C. The van der Waals surface area contributed by atoms with Crippen LogP contribution in [0.2, 0.25) is 0 Å². The molecular weight excluding hydrogens is 1190 g/mol. The first-order valence-corrected chi connectivity index (χ1v) is 33.8. The Morgan fingerprint density at radius 1 is 0.381 bits per heavy atom. The van der Waals surface area contributed by atoms with Crippen LogP contribution in [-0.4, -0.2) is 11.7 Å². The van der Waals surface area contributed by atoms with Crippen molar-refractivity contribution in [2.24, 2.45) is 0 Å². The fourth-order valence-electron chi connectivity index (χ4n) is 11.0. The van der Waals surface area contributed by atoms with Crippen molar-refractivity contribution in [3.63, 3.8) is 0 Å². The van der Waals surface area contributed by atoms with Gasteiger partial charge in [0, 0.05) is 11.6 Å². The Hall–Kier alpha value is -9.46. The summed E-state index contributed by atoms with van der Waals surface area (Å²) in [4.78, 5) is 10.2. The van der Waals surface area contributed by atoms with Crippen LogP contribution in [0.15, 0.2) is 249 Å². The van der Waals surface area contributed by atoms with Crippen molar-refractivity contribution in [2.75, 3.05) is 6.79 Å². The molecule has 0 aromatic heterocycles. The number of ether oxygens (including phenoxy) is 4. The first-order chi connectivity index (χ1) is 45.5. The Balaban J connectivity index is 0.000000242. The minimum Gasteiger partial charge on any atom is -0.489 e. The van der Waals surface area contributed by atoms with Crippen molar-refractivity contribution >= 4 is 27.2 Å². The fourth-order valence-corrected chi connectivity index (χ4v) is 11.0. The van der Waals surface area contributed by atoms with Gasteiger partial charge in [0.25, 0.3) is 5.69 Å². The van der Waals surface area contributed by atoms with Crippen molar-refractivity contribution in [1.29, 1.82) is 0 Å². The molecule has 11 aromatic carbocycles. The molecule has 1 aliphatic rings. The zero-order valence-electron chi connectivity index (χ0n) is 59.5. The largest absolute Gasteiger partial charge is 0.489 e. The van der Waals surface area contributed by atoms with E-state index in [0.29, 0.717) is 48.9 Å². The number of nitro benzene ring substituents is 1. The van der Waals surface area contributed by atoms with Gasteiger partial charge in [-0.15, -0.1) is 0 Å². The molecule has 0 aliphatic carbocycles. The third-order valence-corrected chi connectivity index (χ3v) is 16.4. The lowest BCUT2D eigenvalue weighted by molar-refractivity contribution is -0.385. The van der Waals surface area contributed by atoms with Crippen LogP contribution in [0.1, 0.15) is 214 Å². The molecule has 0 unspecified atom stereocenters. The van der Waals surface area contributed by atoms with E-state index >= 15 is 0 Å². The third-order valence-electron chi connectivity index (χ3n) is 16.4. The maximum absolute atomic E-state index is 10.5. The quantitative estimate of drug-likeness (QED) is 0.0650. The second-order valence-electron chi connectivity index (χ2n) is 26.2. The van der Waals surface area contributed by atoms with Crippen LogP contribution >= 0.6 is 0 Å². The minimum absolute atomic E-state index is 0. The third kappa shape index (κ3) is 25.2. The lowest BCUT2D eigenvalue weighted by Gasteiger charge is -2.14. The first-order valence-electron chi connectivity index (χ1n) is 33.8. The molecule has 1 aliphatic heterocycles. The van der Waals surface area contributed by atoms with Gasteiger partial charge in [-0.2, -0.15) is 0 Å². The molecule has 0 saturated heterocycles. The van der Waals surface area contributed by atoms with Crippen LogP contribution in [0.25, 0.3) is 21.5 Å². The van der Waals surface area contributed by atoms with Gasteiger partial charge >= 0.3 is 0 Å². The zero-order chi connectivity index (χ0) is 69.0. The summed E-state index contributed by atoms with van der Waals surface area (Å²) in [5, 5.41) is 16.0. The highest BCUT2D eigenvalue weighted by Gasteiger charge is 2.16. The molecule has 11 aromatic rings. The Morgan fingerprint density at radius 2 is 0.814 bits per heavy atom. The molecule has 0 saturated carbocycles. The van der Waals surface area contributed by atoms with Gasteiger partial charge in [-0.25, -0.2) is 0 Å². The van der Waals surface area contributed by atoms with E-state index in [1.54, 1.807) is 12.1 Å². The highest BCUT2D eigenvalue weighted by molar-refractivity contribution is 6.02. The van der Waals surface area contributed by atoms with Crippen molar-refractivity contribution < 1.29 is 23.9 Å². The van der Waals surface area contributed by atoms with Crippen LogP contribution in [-0.2, 0) is 6.61 Å². The number of benzene rings is 11. The van der Waals surface area contributed by atoms with Crippen LogP contribution in [0.4, 0.5) is 5.69 Å². The molecule has 512 valence electrons. The molecule has 1 heterocycles. The summed E-state index contributed by atoms with van der Waals surface area (Å²) in [5.41, 5.74) is 14.6. The smallest absolute Gasteiger partial charge is 0.272 e. The van der Waals surface area contributed by atoms with Crippen LogP contribution < -0.4 is 18.9 Å². The highest BCUT2D eigenvalue weighted by atomic mass is 16.7. The van der Waals surface area contributed by atoms with E-state index in [-0.39, 0.29) is 31.4 Å². The summed E-state index contributed by atoms with van der Waals surface area (Å²) in [6.07, 6.45) is 0. The summed E-state index contributed by atoms with van der Waals surface area (Å²) in [5.74, 6) is 8.18. The molecular formula is C90H111NO6. The van der Waals surface area contributed by atoms with E-state index in [2.05, 4.69) is 256 Å². The van der Waals surface area contributed by atoms with Gasteiger partial charge in [-0.3, -0.25) is 10.1 Å². The Labute approximate surface area is 584 Å². The topological polar surface area (TPSA) is 80.1 Å². The number of nitro groups is 1. The number of hydrogen-bond donors (Lipinski definition) is 0. The molecule has 0 N–H and O–H groups in total. The standard InChI is InChI=1S/C17H20O.C17H16.C15H16O.C10H12O2.2C10H14.C9H11NO2.2CH4/c1-13(2)16-9-10-17(14(3)11-16)18-12-15-7-5-4-6-8-15;1-12(2)17-15-9-5-3-7-13(15)11-14-8-4-6-10-16(14)17;1-12(2)13-7-6-10-15(11-13)16-14-8-4-3-5-9-14;1-7(2)8-3-4-9-10(5-8)12-6-11-9;2*1-8(2)10-7-5-4-6-9(10)3;1-7(2)8-5-3-4-6-9(8)10(11)12;;/h4-11,13H,12H2,1-3H3;3-12H,1-2H3;3-12H,1-2H3;3-5,7H,6H2,1-2H3;2*4-8H,1-3H3;3-7H,1-2H3;2*1H4. The molecule has 7 heteroatoms. The van der Waals surface area contributed by atoms with Crippen molar-refractivity contribution in [3.8, 4) is 28.7 Å². The van der Waals surface area contributed by atoms with E-state index in [1.165, 1.54) is 83.2 Å². The van der Waals surface area contributed by atoms with E-state index in [0.717, 1.165) is 34.3 Å².